The Bertz CT molecular complexity index is 909. The number of nitrogens with zero attached hydrogens (tertiary/aromatic N) is 3. The van der Waals surface area contributed by atoms with Gasteiger partial charge in [-0.3, -0.25) is 4.79 Å². The van der Waals surface area contributed by atoms with E-state index in [0.717, 1.165) is 16.5 Å². The summed E-state index contributed by atoms with van der Waals surface area (Å²) in [7, 11) is 0. The molecule has 3 rings (SSSR count). The summed E-state index contributed by atoms with van der Waals surface area (Å²) in [6, 6.07) is 20.0. The lowest BCUT2D eigenvalue weighted by Crippen LogP contribution is -2.28. The molecule has 2 aromatic carbocycles. The standard InChI is InChI=1S/C22H24N4OS/c1-3-14-26-20(15-18-10-6-4-7-11-18)24-25-22(26)28-16-21(27)23-17(2)19-12-8-5-9-13-19/h3-13,17H,1,14-16H2,2H3,(H,23,27)/t17-/m1/s1. The number of hydrogen-bond acceptors (Lipinski definition) is 4. The fourth-order valence-electron chi connectivity index (χ4n) is 2.89. The van der Waals surface area contributed by atoms with Gasteiger partial charge in [-0.05, 0) is 18.1 Å². The van der Waals surface area contributed by atoms with Crippen LogP contribution in [0.5, 0.6) is 0 Å². The molecule has 28 heavy (non-hydrogen) atoms. The predicted octanol–water partition coefficient (Wildman–Crippen LogP) is 4.02. The molecule has 0 aliphatic rings. The maximum absolute atomic E-state index is 12.4. The van der Waals surface area contributed by atoms with Crippen LogP contribution < -0.4 is 5.32 Å². The van der Waals surface area contributed by atoms with Crippen LogP contribution in [-0.2, 0) is 17.8 Å². The summed E-state index contributed by atoms with van der Waals surface area (Å²) in [6.45, 7) is 6.42. The smallest absolute Gasteiger partial charge is 0.230 e. The third-order valence-electron chi connectivity index (χ3n) is 4.32. The molecule has 1 N–H and O–H groups in total. The Kier molecular flexibility index (Phi) is 7.03. The molecule has 0 fully saturated rings. The summed E-state index contributed by atoms with van der Waals surface area (Å²) in [5, 5.41) is 12.4. The molecule has 6 heteroatoms. The average Bonchev–Trinajstić information content (AvgIpc) is 3.09. The first-order valence-corrected chi connectivity index (χ1v) is 10.2. The van der Waals surface area contributed by atoms with Gasteiger partial charge in [0.2, 0.25) is 5.91 Å². The minimum atomic E-state index is -0.0333. The fraction of sp³-hybridized carbons (Fsp3) is 0.227. The van der Waals surface area contributed by atoms with Crippen molar-refractivity contribution in [2.45, 2.75) is 31.1 Å². The first-order chi connectivity index (χ1) is 13.7. The van der Waals surface area contributed by atoms with Crippen molar-refractivity contribution < 1.29 is 4.79 Å². The minimum Gasteiger partial charge on any atom is -0.349 e. The number of benzene rings is 2. The van der Waals surface area contributed by atoms with Crippen LogP contribution >= 0.6 is 11.8 Å². The van der Waals surface area contributed by atoms with Crippen molar-refractivity contribution in [2.24, 2.45) is 0 Å². The molecule has 1 heterocycles. The van der Waals surface area contributed by atoms with E-state index < -0.39 is 0 Å². The second-order valence-corrected chi connectivity index (χ2v) is 7.39. The minimum absolute atomic E-state index is 0.0286. The van der Waals surface area contributed by atoms with Crippen LogP contribution in [0.4, 0.5) is 0 Å². The Morgan fingerprint density at radius 2 is 1.82 bits per heavy atom. The number of nitrogens with one attached hydrogen (secondary N) is 1. The van der Waals surface area contributed by atoms with Gasteiger partial charge < -0.3 is 9.88 Å². The summed E-state index contributed by atoms with van der Waals surface area (Å²) in [6.07, 6.45) is 2.51. The zero-order chi connectivity index (χ0) is 19.8. The molecule has 1 atom stereocenters. The summed E-state index contributed by atoms with van der Waals surface area (Å²) in [5.74, 6) is 1.13. The van der Waals surface area contributed by atoms with Gasteiger partial charge in [0.15, 0.2) is 5.16 Å². The van der Waals surface area contributed by atoms with Crippen molar-refractivity contribution in [2.75, 3.05) is 5.75 Å². The molecule has 1 amide bonds. The Morgan fingerprint density at radius 3 is 2.50 bits per heavy atom. The summed E-state index contributed by atoms with van der Waals surface area (Å²) < 4.78 is 2.01. The Morgan fingerprint density at radius 1 is 1.14 bits per heavy atom. The number of allylic oxidation sites excluding steroid dienone is 1. The first-order valence-electron chi connectivity index (χ1n) is 9.21. The fourth-order valence-corrected chi connectivity index (χ4v) is 3.66. The van der Waals surface area contributed by atoms with E-state index in [1.165, 1.54) is 17.3 Å². The van der Waals surface area contributed by atoms with Crippen LogP contribution in [0.3, 0.4) is 0 Å². The molecule has 0 unspecified atom stereocenters. The zero-order valence-corrected chi connectivity index (χ0v) is 16.7. The Balaban J connectivity index is 1.62. The number of thioether (sulfide) groups is 1. The van der Waals surface area contributed by atoms with Gasteiger partial charge in [0.05, 0.1) is 11.8 Å². The van der Waals surface area contributed by atoms with Crippen molar-refractivity contribution >= 4 is 17.7 Å². The lowest BCUT2D eigenvalue weighted by atomic mass is 10.1. The highest BCUT2D eigenvalue weighted by atomic mass is 32.2. The van der Waals surface area contributed by atoms with Gasteiger partial charge in [-0.2, -0.15) is 0 Å². The maximum Gasteiger partial charge on any atom is 0.230 e. The molecule has 0 aliphatic heterocycles. The first kappa shape index (κ1) is 19.9. The molecule has 3 aromatic rings. The van der Waals surface area contributed by atoms with Crippen LogP contribution in [0.2, 0.25) is 0 Å². The van der Waals surface area contributed by atoms with Crippen LogP contribution in [0.1, 0.15) is 29.9 Å². The number of carbonyl (C=O) groups excluding carboxylic acids is 1. The zero-order valence-electron chi connectivity index (χ0n) is 15.9. The van der Waals surface area contributed by atoms with Crippen LogP contribution in [-0.4, -0.2) is 26.4 Å². The van der Waals surface area contributed by atoms with Gasteiger partial charge in [0.25, 0.3) is 0 Å². The van der Waals surface area contributed by atoms with Crippen molar-refractivity contribution in [3.8, 4) is 0 Å². The molecule has 0 bridgehead atoms. The van der Waals surface area contributed by atoms with E-state index in [9.17, 15) is 4.79 Å². The molecule has 1 aromatic heterocycles. The number of rotatable bonds is 9. The largest absolute Gasteiger partial charge is 0.349 e. The SMILES string of the molecule is C=CCn1c(Cc2ccccc2)nnc1SCC(=O)N[C@H](C)c1ccccc1. The predicted molar refractivity (Wildman–Crippen MR) is 113 cm³/mol. The van der Waals surface area contributed by atoms with Crippen molar-refractivity contribution in [1.82, 2.24) is 20.1 Å². The molecule has 0 radical (unpaired) electrons. The third-order valence-corrected chi connectivity index (χ3v) is 5.29. The van der Waals surface area contributed by atoms with Crippen LogP contribution in [0, 0.1) is 0 Å². The number of aromatic nitrogens is 3. The summed E-state index contributed by atoms with van der Waals surface area (Å²) >= 11 is 1.39. The second-order valence-electron chi connectivity index (χ2n) is 6.45. The van der Waals surface area contributed by atoms with E-state index >= 15 is 0 Å². The topological polar surface area (TPSA) is 59.8 Å². The van der Waals surface area contributed by atoms with Crippen LogP contribution in [0.15, 0.2) is 78.5 Å². The molecule has 0 spiro atoms. The molecule has 0 saturated carbocycles. The Labute approximate surface area is 169 Å². The van der Waals surface area contributed by atoms with Gasteiger partial charge >= 0.3 is 0 Å². The molecule has 0 saturated heterocycles. The van der Waals surface area contributed by atoms with Gasteiger partial charge in [0, 0.05) is 13.0 Å². The normalized spacial score (nSPS) is 11.8. The highest BCUT2D eigenvalue weighted by molar-refractivity contribution is 7.99. The van der Waals surface area contributed by atoms with E-state index in [1.54, 1.807) is 0 Å². The number of hydrogen-bond donors (Lipinski definition) is 1. The third kappa shape index (κ3) is 5.33. The van der Waals surface area contributed by atoms with Crippen LogP contribution in [0.25, 0.3) is 0 Å². The van der Waals surface area contributed by atoms with Gasteiger partial charge in [0.1, 0.15) is 5.82 Å². The highest BCUT2D eigenvalue weighted by Gasteiger charge is 2.15. The Hall–Kier alpha value is -2.86. The van der Waals surface area contributed by atoms with Crippen molar-refractivity contribution in [1.29, 1.82) is 0 Å². The van der Waals surface area contributed by atoms with Gasteiger partial charge in [-0.25, -0.2) is 0 Å². The lowest BCUT2D eigenvalue weighted by molar-refractivity contribution is -0.119. The van der Waals surface area contributed by atoms with Gasteiger partial charge in [-0.1, -0.05) is 78.5 Å². The average molecular weight is 393 g/mol. The number of carbonyl (C=O) groups is 1. The highest BCUT2D eigenvalue weighted by Crippen LogP contribution is 2.19. The maximum atomic E-state index is 12.4. The van der Waals surface area contributed by atoms with Crippen molar-refractivity contribution in [3.05, 3.63) is 90.3 Å². The monoisotopic (exact) mass is 392 g/mol. The molecular weight excluding hydrogens is 368 g/mol. The second kappa shape index (κ2) is 9.90. The van der Waals surface area contributed by atoms with Gasteiger partial charge in [-0.15, -0.1) is 16.8 Å². The van der Waals surface area contributed by atoms with Crippen molar-refractivity contribution in [3.63, 3.8) is 0 Å². The summed E-state index contributed by atoms with van der Waals surface area (Å²) in [5.41, 5.74) is 2.26. The molecule has 0 aliphatic carbocycles. The summed E-state index contributed by atoms with van der Waals surface area (Å²) in [4.78, 5) is 12.4. The number of amides is 1. The lowest BCUT2D eigenvalue weighted by Gasteiger charge is -2.14. The van der Waals surface area contributed by atoms with E-state index in [2.05, 4.69) is 34.2 Å². The van der Waals surface area contributed by atoms with E-state index in [1.807, 2.05) is 66.1 Å². The van der Waals surface area contributed by atoms with E-state index in [4.69, 9.17) is 0 Å². The van der Waals surface area contributed by atoms with E-state index in [-0.39, 0.29) is 17.7 Å². The van der Waals surface area contributed by atoms with E-state index in [0.29, 0.717) is 13.0 Å². The molecule has 144 valence electrons. The molecule has 5 nitrogen and oxygen atoms in total. The molecular formula is C22H24N4OS. The quantitative estimate of drug-likeness (QED) is 0.441.